The van der Waals surface area contributed by atoms with Gasteiger partial charge in [-0.3, -0.25) is 14.7 Å². The lowest BCUT2D eigenvalue weighted by Gasteiger charge is -2.16. The molecule has 0 fully saturated rings. The van der Waals surface area contributed by atoms with Gasteiger partial charge in [-0.15, -0.1) is 10.2 Å². The molecule has 0 saturated carbocycles. The van der Waals surface area contributed by atoms with Gasteiger partial charge < -0.3 is 4.74 Å². The van der Waals surface area contributed by atoms with Gasteiger partial charge in [0.25, 0.3) is 0 Å². The zero-order chi connectivity index (χ0) is 24.9. The predicted molar refractivity (Wildman–Crippen MR) is 139 cm³/mol. The van der Waals surface area contributed by atoms with E-state index in [4.69, 9.17) is 27.9 Å². The molecular weight excluding hydrogens is 507 g/mol. The number of aromatic nitrogens is 3. The van der Waals surface area contributed by atoms with E-state index in [0.29, 0.717) is 38.9 Å². The van der Waals surface area contributed by atoms with Crippen LogP contribution in [0, 0.1) is 24.0 Å². The molecule has 180 valence electrons. The second kappa shape index (κ2) is 11.1. The molecule has 7 nitrogen and oxygen atoms in total. The van der Waals surface area contributed by atoms with Gasteiger partial charge in [0.05, 0.1) is 5.02 Å². The topological polar surface area (TPSA) is 83.1 Å². The first-order valence-electron chi connectivity index (χ1n) is 10.7. The van der Waals surface area contributed by atoms with Gasteiger partial charge in [-0.05, 0) is 61.4 Å². The number of nitro groups is 1. The van der Waals surface area contributed by atoms with E-state index in [1.165, 1.54) is 11.8 Å². The van der Waals surface area contributed by atoms with Crippen LogP contribution >= 0.6 is 35.0 Å². The fourth-order valence-electron chi connectivity index (χ4n) is 3.46. The molecule has 0 spiro atoms. The van der Waals surface area contributed by atoms with Crippen molar-refractivity contribution < 1.29 is 9.66 Å². The molecule has 10 heteroatoms. The molecule has 1 heterocycles. The summed E-state index contributed by atoms with van der Waals surface area (Å²) in [5.74, 6) is 1.19. The summed E-state index contributed by atoms with van der Waals surface area (Å²) in [5, 5.41) is 21.0. The molecule has 0 N–H and O–H groups in total. The van der Waals surface area contributed by atoms with Crippen molar-refractivity contribution in [1.29, 1.82) is 0 Å². The fraction of sp³-hybridized carbons (Fsp3) is 0.200. The van der Waals surface area contributed by atoms with Crippen LogP contribution in [0.1, 0.15) is 27.8 Å². The van der Waals surface area contributed by atoms with Crippen LogP contribution in [-0.4, -0.2) is 26.2 Å². The molecule has 0 amide bonds. The Hall–Kier alpha value is -3.07. The van der Waals surface area contributed by atoms with Gasteiger partial charge >= 0.3 is 0 Å². The van der Waals surface area contributed by atoms with Crippen molar-refractivity contribution in [1.82, 2.24) is 14.8 Å². The van der Waals surface area contributed by atoms with Crippen molar-refractivity contribution in [2.24, 2.45) is 0 Å². The summed E-state index contributed by atoms with van der Waals surface area (Å²) in [4.78, 5) is 11.2. The van der Waals surface area contributed by atoms with Gasteiger partial charge in [0.1, 0.15) is 23.4 Å². The van der Waals surface area contributed by atoms with Gasteiger partial charge in [0, 0.05) is 15.6 Å². The van der Waals surface area contributed by atoms with E-state index in [-0.39, 0.29) is 11.5 Å². The summed E-state index contributed by atoms with van der Waals surface area (Å²) in [5.41, 5.74) is 3.67. The Balaban J connectivity index is 1.56. The molecule has 0 saturated heterocycles. The van der Waals surface area contributed by atoms with Gasteiger partial charge in [0.2, 0.25) is 6.54 Å². The van der Waals surface area contributed by atoms with Gasteiger partial charge in [-0.2, -0.15) is 0 Å². The van der Waals surface area contributed by atoms with Crippen molar-refractivity contribution in [2.45, 2.75) is 30.9 Å². The molecule has 4 aromatic rings. The molecule has 1 atom stereocenters. The smallest absolute Gasteiger partial charge is 0.220 e. The van der Waals surface area contributed by atoms with Crippen LogP contribution in [-0.2, 0) is 6.61 Å². The van der Waals surface area contributed by atoms with Crippen LogP contribution in [0.25, 0.3) is 5.69 Å². The highest BCUT2D eigenvalue weighted by atomic mass is 35.5. The quantitative estimate of drug-likeness (QED) is 0.134. The first-order valence-corrected chi connectivity index (χ1v) is 12.4. The molecule has 0 radical (unpaired) electrons. The summed E-state index contributed by atoms with van der Waals surface area (Å²) in [6.07, 6.45) is 0. The van der Waals surface area contributed by atoms with E-state index < -0.39 is 5.25 Å². The summed E-state index contributed by atoms with van der Waals surface area (Å²) >= 11 is 13.7. The van der Waals surface area contributed by atoms with E-state index in [1.807, 2.05) is 54.8 Å². The number of thioether (sulfide) groups is 1. The van der Waals surface area contributed by atoms with Crippen LogP contribution in [0.3, 0.4) is 0 Å². The highest BCUT2D eigenvalue weighted by Crippen LogP contribution is 2.38. The minimum atomic E-state index is -0.527. The standard InChI is InChI=1S/C25H22Cl2N4O3S/c1-16-3-10-21(11-4-16)31-17(2)28-29-25(31)35-24(14-30(32)33)19-7-12-23(22(27)13-19)34-15-18-5-8-20(26)9-6-18/h3-13,24H,14-15H2,1-2H3/t24-/m0/s1. The third kappa shape index (κ3) is 6.33. The number of hydrogen-bond acceptors (Lipinski definition) is 6. The molecule has 0 aliphatic carbocycles. The predicted octanol–water partition coefficient (Wildman–Crippen LogP) is 6.88. The molecular formula is C25H22Cl2N4O3S. The molecule has 0 aliphatic rings. The number of aryl methyl sites for hydroxylation is 2. The van der Waals surface area contributed by atoms with Crippen LogP contribution < -0.4 is 4.74 Å². The maximum atomic E-state index is 11.5. The average Bonchev–Trinajstić information content (AvgIpc) is 3.19. The Kier molecular flexibility index (Phi) is 7.95. The monoisotopic (exact) mass is 528 g/mol. The van der Waals surface area contributed by atoms with E-state index in [1.54, 1.807) is 30.3 Å². The van der Waals surface area contributed by atoms with E-state index in [0.717, 1.165) is 16.8 Å². The molecule has 0 aliphatic heterocycles. The van der Waals surface area contributed by atoms with Crippen molar-refractivity contribution in [3.63, 3.8) is 0 Å². The number of rotatable bonds is 9. The summed E-state index contributed by atoms with van der Waals surface area (Å²) in [7, 11) is 0. The van der Waals surface area contributed by atoms with Crippen molar-refractivity contribution >= 4 is 35.0 Å². The largest absolute Gasteiger partial charge is 0.487 e. The maximum absolute atomic E-state index is 11.5. The van der Waals surface area contributed by atoms with E-state index in [2.05, 4.69) is 10.2 Å². The Labute approximate surface area is 217 Å². The number of ether oxygens (including phenoxy) is 1. The van der Waals surface area contributed by atoms with Crippen LogP contribution in [0.2, 0.25) is 10.0 Å². The Morgan fingerprint density at radius 1 is 1.03 bits per heavy atom. The normalized spacial score (nSPS) is 11.9. The van der Waals surface area contributed by atoms with E-state index in [9.17, 15) is 10.1 Å². The highest BCUT2D eigenvalue weighted by Gasteiger charge is 2.24. The van der Waals surface area contributed by atoms with Crippen LogP contribution in [0.4, 0.5) is 0 Å². The average molecular weight is 529 g/mol. The lowest BCUT2D eigenvalue weighted by Crippen LogP contribution is -2.11. The number of hydrogen-bond donors (Lipinski definition) is 0. The minimum absolute atomic E-state index is 0.300. The SMILES string of the molecule is Cc1ccc(-n2c(C)nnc2S[C@@H](C[N+](=O)[O-])c2ccc(OCc3ccc(Cl)cc3)c(Cl)c2)cc1. The second-order valence-corrected chi connectivity index (χ2v) is 9.94. The van der Waals surface area contributed by atoms with Gasteiger partial charge in [-0.25, -0.2) is 0 Å². The Morgan fingerprint density at radius 2 is 1.74 bits per heavy atom. The zero-order valence-electron chi connectivity index (χ0n) is 19.0. The fourth-order valence-corrected chi connectivity index (χ4v) is 4.99. The molecule has 35 heavy (non-hydrogen) atoms. The number of nitrogens with zero attached hydrogens (tertiary/aromatic N) is 4. The minimum Gasteiger partial charge on any atom is -0.487 e. The molecule has 3 aromatic carbocycles. The van der Waals surface area contributed by atoms with Gasteiger partial charge in [0.15, 0.2) is 5.16 Å². The van der Waals surface area contributed by atoms with Crippen molar-refractivity contribution in [3.8, 4) is 11.4 Å². The molecule has 0 unspecified atom stereocenters. The van der Waals surface area contributed by atoms with Crippen molar-refractivity contribution in [2.75, 3.05) is 6.54 Å². The summed E-state index contributed by atoms with van der Waals surface area (Å²) < 4.78 is 7.74. The molecule has 1 aromatic heterocycles. The number of halogens is 2. The summed E-state index contributed by atoms with van der Waals surface area (Å²) in [6, 6.07) is 20.5. The Morgan fingerprint density at radius 3 is 2.40 bits per heavy atom. The van der Waals surface area contributed by atoms with Gasteiger partial charge in [-0.1, -0.05) is 70.9 Å². The van der Waals surface area contributed by atoms with Crippen LogP contribution in [0.15, 0.2) is 71.9 Å². The lowest BCUT2D eigenvalue weighted by atomic mass is 10.1. The number of benzene rings is 3. The van der Waals surface area contributed by atoms with Crippen molar-refractivity contribution in [3.05, 3.63) is 109 Å². The highest BCUT2D eigenvalue weighted by molar-refractivity contribution is 7.99. The van der Waals surface area contributed by atoms with E-state index >= 15 is 0 Å². The first kappa shape index (κ1) is 25.0. The molecule has 4 rings (SSSR count). The third-order valence-electron chi connectivity index (χ3n) is 5.29. The maximum Gasteiger partial charge on any atom is 0.220 e. The second-order valence-electron chi connectivity index (χ2n) is 7.93. The Bertz CT molecular complexity index is 1330. The summed E-state index contributed by atoms with van der Waals surface area (Å²) in [6.45, 7) is 3.88. The van der Waals surface area contributed by atoms with Crippen LogP contribution in [0.5, 0.6) is 5.75 Å². The zero-order valence-corrected chi connectivity index (χ0v) is 21.3. The lowest BCUT2D eigenvalue weighted by molar-refractivity contribution is -0.479. The third-order valence-corrected chi connectivity index (χ3v) is 7.01. The molecule has 0 bridgehead atoms. The first-order chi connectivity index (χ1) is 16.8.